The van der Waals surface area contributed by atoms with E-state index in [0.29, 0.717) is 0 Å². The first kappa shape index (κ1) is 18.2. The number of H-pyrrole nitrogens is 1. The van der Waals surface area contributed by atoms with E-state index in [1.54, 1.807) is 0 Å². The number of nitrogens with one attached hydrogen (secondary N) is 2. The predicted molar refractivity (Wildman–Crippen MR) is 107 cm³/mol. The van der Waals surface area contributed by atoms with Crippen LogP contribution in [-0.2, 0) is 11.2 Å². The van der Waals surface area contributed by atoms with Gasteiger partial charge in [0.15, 0.2) is 0 Å². The standard InChI is InChI=1S/C17H15NO2.C5H11N/c1-11-6-8-12(9-7-11)17-14(10-16(19)20)13-4-2-3-5-15(13)18-17;1-2-4-6-5-3-1/h2-9,18H,10H2,1H3,(H,19,20);6H,1-5H2. The molecule has 0 bridgehead atoms. The maximum atomic E-state index is 11.1. The van der Waals surface area contributed by atoms with Gasteiger partial charge in [-0.2, -0.15) is 0 Å². The molecule has 0 aliphatic carbocycles. The molecule has 0 unspecified atom stereocenters. The quantitative estimate of drug-likeness (QED) is 0.650. The van der Waals surface area contributed by atoms with Gasteiger partial charge >= 0.3 is 5.97 Å². The number of hydrogen-bond acceptors (Lipinski definition) is 2. The fourth-order valence-corrected chi connectivity index (χ4v) is 3.30. The summed E-state index contributed by atoms with van der Waals surface area (Å²) in [4.78, 5) is 14.5. The van der Waals surface area contributed by atoms with Crippen molar-refractivity contribution in [3.05, 3.63) is 59.7 Å². The monoisotopic (exact) mass is 350 g/mol. The van der Waals surface area contributed by atoms with Crippen LogP contribution in [0.4, 0.5) is 0 Å². The Morgan fingerprint density at radius 3 is 2.27 bits per heavy atom. The average Bonchev–Trinajstić information content (AvgIpc) is 3.02. The number of hydrogen-bond donors (Lipinski definition) is 3. The van der Waals surface area contributed by atoms with Gasteiger partial charge in [0.1, 0.15) is 0 Å². The Kier molecular flexibility index (Phi) is 6.08. The van der Waals surface area contributed by atoms with Gasteiger partial charge in [0.05, 0.1) is 12.1 Å². The van der Waals surface area contributed by atoms with Gasteiger partial charge in [-0.3, -0.25) is 4.79 Å². The molecule has 1 saturated heterocycles. The molecule has 1 aliphatic heterocycles. The van der Waals surface area contributed by atoms with Crippen LogP contribution in [-0.4, -0.2) is 29.1 Å². The summed E-state index contributed by atoms with van der Waals surface area (Å²) in [5.41, 5.74) is 4.91. The second kappa shape index (κ2) is 8.68. The van der Waals surface area contributed by atoms with Crippen LogP contribution in [0.5, 0.6) is 0 Å². The van der Waals surface area contributed by atoms with Crippen LogP contribution >= 0.6 is 0 Å². The lowest BCUT2D eigenvalue weighted by Gasteiger charge is -2.08. The highest BCUT2D eigenvalue weighted by atomic mass is 16.4. The molecule has 2 heterocycles. The third-order valence-electron chi connectivity index (χ3n) is 4.69. The predicted octanol–water partition coefficient (Wildman–Crippen LogP) is 4.53. The largest absolute Gasteiger partial charge is 0.481 e. The summed E-state index contributed by atoms with van der Waals surface area (Å²) in [6.45, 7) is 4.53. The zero-order chi connectivity index (χ0) is 18.4. The van der Waals surface area contributed by atoms with Crippen molar-refractivity contribution in [3.8, 4) is 11.3 Å². The second-order valence-corrected chi connectivity index (χ2v) is 6.77. The van der Waals surface area contributed by atoms with Crippen molar-refractivity contribution in [2.75, 3.05) is 13.1 Å². The normalized spacial score (nSPS) is 13.9. The summed E-state index contributed by atoms with van der Waals surface area (Å²) in [5, 5.41) is 13.4. The zero-order valence-corrected chi connectivity index (χ0v) is 15.2. The minimum atomic E-state index is -0.817. The maximum Gasteiger partial charge on any atom is 0.307 e. The van der Waals surface area contributed by atoms with E-state index in [1.807, 2.05) is 55.5 Å². The molecule has 2 aromatic carbocycles. The van der Waals surface area contributed by atoms with Crippen molar-refractivity contribution in [3.63, 3.8) is 0 Å². The van der Waals surface area contributed by atoms with Gasteiger partial charge in [-0.1, -0.05) is 54.4 Å². The highest BCUT2D eigenvalue weighted by Crippen LogP contribution is 2.30. The van der Waals surface area contributed by atoms with Gasteiger partial charge in [0.25, 0.3) is 0 Å². The number of benzene rings is 2. The molecule has 26 heavy (non-hydrogen) atoms. The molecule has 4 nitrogen and oxygen atoms in total. The van der Waals surface area contributed by atoms with E-state index in [1.165, 1.54) is 37.9 Å². The Balaban J connectivity index is 0.000000278. The highest BCUT2D eigenvalue weighted by molar-refractivity contribution is 5.93. The molecule has 3 N–H and O–H groups in total. The fraction of sp³-hybridized carbons (Fsp3) is 0.318. The van der Waals surface area contributed by atoms with Gasteiger partial charge in [-0.25, -0.2) is 0 Å². The Hall–Kier alpha value is -2.59. The Morgan fingerprint density at radius 1 is 1.00 bits per heavy atom. The number of para-hydroxylation sites is 1. The summed E-state index contributed by atoms with van der Waals surface area (Å²) in [6, 6.07) is 15.9. The summed E-state index contributed by atoms with van der Waals surface area (Å²) in [5.74, 6) is -0.817. The molecule has 4 rings (SSSR count). The van der Waals surface area contributed by atoms with Crippen LogP contribution in [0.15, 0.2) is 48.5 Å². The molecule has 0 spiro atoms. The number of aromatic amines is 1. The third kappa shape index (κ3) is 4.52. The molecule has 3 aromatic rings. The van der Waals surface area contributed by atoms with E-state index in [2.05, 4.69) is 10.3 Å². The van der Waals surface area contributed by atoms with Crippen molar-refractivity contribution < 1.29 is 9.90 Å². The minimum Gasteiger partial charge on any atom is -0.481 e. The molecule has 1 aliphatic rings. The minimum absolute atomic E-state index is 0.0211. The molecular weight excluding hydrogens is 324 g/mol. The van der Waals surface area contributed by atoms with Crippen LogP contribution in [0.25, 0.3) is 22.2 Å². The van der Waals surface area contributed by atoms with Crippen LogP contribution in [0.1, 0.15) is 30.4 Å². The Labute approximate surface area is 154 Å². The third-order valence-corrected chi connectivity index (χ3v) is 4.69. The lowest BCUT2D eigenvalue weighted by Crippen LogP contribution is -2.21. The molecule has 1 fully saturated rings. The lowest BCUT2D eigenvalue weighted by atomic mass is 10.0. The maximum absolute atomic E-state index is 11.1. The highest BCUT2D eigenvalue weighted by Gasteiger charge is 2.15. The number of fused-ring (bicyclic) bond motifs is 1. The molecule has 136 valence electrons. The topological polar surface area (TPSA) is 65.1 Å². The molecule has 4 heteroatoms. The second-order valence-electron chi connectivity index (χ2n) is 6.77. The summed E-state index contributed by atoms with van der Waals surface area (Å²) in [7, 11) is 0. The van der Waals surface area contributed by atoms with Crippen LogP contribution in [0.3, 0.4) is 0 Å². The van der Waals surface area contributed by atoms with E-state index < -0.39 is 5.97 Å². The van der Waals surface area contributed by atoms with Crippen molar-refractivity contribution in [1.29, 1.82) is 0 Å². The summed E-state index contributed by atoms with van der Waals surface area (Å²) in [6.07, 6.45) is 4.24. The van der Waals surface area contributed by atoms with Crippen LogP contribution in [0, 0.1) is 6.92 Å². The number of carbonyl (C=O) groups is 1. The van der Waals surface area contributed by atoms with Gasteiger partial charge < -0.3 is 15.4 Å². The number of aromatic nitrogens is 1. The van der Waals surface area contributed by atoms with Gasteiger partial charge in [-0.05, 0) is 50.0 Å². The van der Waals surface area contributed by atoms with Crippen molar-refractivity contribution in [2.24, 2.45) is 0 Å². The molecule has 0 saturated carbocycles. The van der Waals surface area contributed by atoms with Crippen LogP contribution < -0.4 is 5.32 Å². The van der Waals surface area contributed by atoms with Gasteiger partial charge in [-0.15, -0.1) is 0 Å². The Bertz CT molecular complexity index is 850. The van der Waals surface area contributed by atoms with Crippen LogP contribution in [0.2, 0.25) is 0 Å². The van der Waals surface area contributed by atoms with Crippen molar-refractivity contribution >= 4 is 16.9 Å². The number of carboxylic acid groups (broad SMARTS) is 1. The van der Waals surface area contributed by atoms with E-state index in [0.717, 1.165) is 27.7 Å². The van der Waals surface area contributed by atoms with E-state index in [9.17, 15) is 4.79 Å². The molecule has 1 aromatic heterocycles. The molecular formula is C22H26N2O2. The summed E-state index contributed by atoms with van der Waals surface area (Å²) >= 11 is 0. The SMILES string of the molecule is C1CCNCC1.Cc1ccc(-c2[nH]c3ccccc3c2CC(=O)O)cc1. The first-order valence-corrected chi connectivity index (χ1v) is 9.24. The zero-order valence-electron chi connectivity index (χ0n) is 15.2. The lowest BCUT2D eigenvalue weighted by molar-refractivity contribution is -0.136. The van der Waals surface area contributed by atoms with Gasteiger partial charge in [0.2, 0.25) is 0 Å². The molecule has 0 amide bonds. The number of aliphatic carboxylic acids is 1. The molecule has 0 radical (unpaired) electrons. The smallest absolute Gasteiger partial charge is 0.307 e. The van der Waals surface area contributed by atoms with Crippen molar-refractivity contribution in [2.45, 2.75) is 32.6 Å². The fourth-order valence-electron chi connectivity index (χ4n) is 3.30. The van der Waals surface area contributed by atoms with E-state index in [-0.39, 0.29) is 6.42 Å². The summed E-state index contributed by atoms with van der Waals surface area (Å²) < 4.78 is 0. The van der Waals surface area contributed by atoms with E-state index in [4.69, 9.17) is 5.11 Å². The van der Waals surface area contributed by atoms with E-state index >= 15 is 0 Å². The first-order valence-electron chi connectivity index (χ1n) is 9.24. The number of carboxylic acids is 1. The first-order chi connectivity index (χ1) is 12.6. The van der Waals surface area contributed by atoms with Gasteiger partial charge in [0, 0.05) is 10.9 Å². The number of aryl methyl sites for hydroxylation is 1. The van der Waals surface area contributed by atoms with Crippen molar-refractivity contribution in [1.82, 2.24) is 10.3 Å². The molecule has 0 atom stereocenters. The number of rotatable bonds is 3. The Morgan fingerprint density at radius 2 is 1.69 bits per heavy atom. The average molecular weight is 350 g/mol. The number of piperidine rings is 1.